The van der Waals surface area contributed by atoms with Crippen LogP contribution in [0.4, 0.5) is 0 Å². The fourth-order valence-electron chi connectivity index (χ4n) is 10.7. The molecular weight excluding hydrogens is 1190 g/mol. The van der Waals surface area contributed by atoms with Gasteiger partial charge in [-0.3, -0.25) is 37.3 Å². The number of ether oxygens (including phenoxy) is 4. The molecule has 0 aromatic heterocycles. The van der Waals surface area contributed by atoms with E-state index in [0.717, 1.165) is 108 Å². The van der Waals surface area contributed by atoms with E-state index < -0.39 is 97.5 Å². The van der Waals surface area contributed by atoms with Crippen LogP contribution < -0.4 is 0 Å². The molecule has 0 fully saturated rings. The molecule has 0 aromatic rings. The first-order valence-corrected chi connectivity index (χ1v) is 39.9. The van der Waals surface area contributed by atoms with E-state index in [1.54, 1.807) is 0 Å². The molecule has 534 valence electrons. The third-order valence-corrected chi connectivity index (χ3v) is 18.6. The van der Waals surface area contributed by atoms with Gasteiger partial charge in [0.1, 0.15) is 19.3 Å². The average Bonchev–Trinajstić information content (AvgIpc) is 2.73. The highest BCUT2D eigenvalue weighted by Gasteiger charge is 2.30. The SMILES string of the molecule is CCCCCCCCCCCCCCCCCC(=O)O[C@H](COC(=O)CCCCCCCCCCCCC(C)CC)COP(=O)(O)OC[C@@H](O)COP(=O)(O)OC[C@@H](COC(=O)CCCCCCCCC(C)C)OC(=O)CCCCCCCCCCCC(C)C. The van der Waals surface area contributed by atoms with Gasteiger partial charge in [-0.05, 0) is 43.4 Å². The first-order valence-electron chi connectivity index (χ1n) is 36.9. The number of phosphoric ester groups is 2. The summed E-state index contributed by atoms with van der Waals surface area (Å²) in [5, 5.41) is 10.6. The van der Waals surface area contributed by atoms with Crippen molar-refractivity contribution < 1.29 is 80.2 Å². The highest BCUT2D eigenvalue weighted by Crippen LogP contribution is 2.45. The lowest BCUT2D eigenvalue weighted by Gasteiger charge is -2.21. The molecule has 6 atom stereocenters. The van der Waals surface area contributed by atoms with E-state index in [-0.39, 0.29) is 25.7 Å². The summed E-state index contributed by atoms with van der Waals surface area (Å²) in [5.41, 5.74) is 0. The molecule has 0 aliphatic rings. The average molecular weight is 1330 g/mol. The molecule has 19 heteroatoms. The van der Waals surface area contributed by atoms with Gasteiger partial charge in [-0.1, -0.05) is 305 Å². The molecule has 0 aliphatic carbocycles. The standard InChI is InChI=1S/C71H138O17P2/c1-8-10-11-12-13-14-15-16-17-18-19-26-31-40-47-54-70(75)87-66(58-81-68(73)52-45-38-30-25-21-20-24-29-37-44-51-64(7)9-2)60-85-89(77,78)83-56-65(72)57-84-90(79,80)86-61-67(59-82-69(74)53-46-39-34-33-36-43-50-63(5)6)88-71(76)55-48-41-32-27-22-23-28-35-42-49-62(3)4/h62-67,72H,8-61H2,1-7H3,(H,77,78)(H,79,80)/t64?,65-,66-,67-/m1/s1. The second-order valence-electron chi connectivity index (χ2n) is 26.8. The van der Waals surface area contributed by atoms with E-state index in [1.807, 2.05) is 0 Å². The van der Waals surface area contributed by atoms with E-state index >= 15 is 0 Å². The van der Waals surface area contributed by atoms with Gasteiger partial charge in [0.2, 0.25) is 0 Å². The summed E-state index contributed by atoms with van der Waals surface area (Å²) in [7, 11) is -9.90. The van der Waals surface area contributed by atoms with E-state index in [0.29, 0.717) is 31.6 Å². The quantitative estimate of drug-likeness (QED) is 0.0222. The van der Waals surface area contributed by atoms with Crippen molar-refractivity contribution >= 4 is 39.5 Å². The summed E-state index contributed by atoms with van der Waals surface area (Å²) in [5.74, 6) is 0.0993. The number of carbonyl (C=O) groups is 4. The first kappa shape index (κ1) is 88.1. The number of hydrogen-bond donors (Lipinski definition) is 3. The molecule has 0 saturated heterocycles. The summed E-state index contributed by atoms with van der Waals surface area (Å²) < 4.78 is 68.3. The molecule has 3 unspecified atom stereocenters. The van der Waals surface area contributed by atoms with Crippen LogP contribution >= 0.6 is 15.6 Å². The van der Waals surface area contributed by atoms with Crippen LogP contribution in [-0.4, -0.2) is 96.7 Å². The fourth-order valence-corrected chi connectivity index (χ4v) is 12.3. The number of unbranched alkanes of at least 4 members (excludes halogenated alkanes) is 36. The number of rotatable bonds is 69. The third kappa shape index (κ3) is 63.5. The maximum absolute atomic E-state index is 13.0. The van der Waals surface area contributed by atoms with E-state index in [2.05, 4.69) is 48.5 Å². The van der Waals surface area contributed by atoms with Gasteiger partial charge < -0.3 is 33.8 Å². The van der Waals surface area contributed by atoms with Gasteiger partial charge in [-0.2, -0.15) is 0 Å². The Morgan fingerprint density at radius 1 is 0.322 bits per heavy atom. The third-order valence-electron chi connectivity index (χ3n) is 16.7. The van der Waals surface area contributed by atoms with Crippen molar-refractivity contribution in [3.05, 3.63) is 0 Å². The normalized spacial score (nSPS) is 14.5. The molecule has 0 aliphatic heterocycles. The van der Waals surface area contributed by atoms with Crippen LogP contribution in [0.25, 0.3) is 0 Å². The van der Waals surface area contributed by atoms with Crippen LogP contribution in [0.15, 0.2) is 0 Å². The molecule has 0 heterocycles. The molecule has 0 spiro atoms. The summed E-state index contributed by atoms with van der Waals surface area (Å²) >= 11 is 0. The Kier molecular flexibility index (Phi) is 60.6. The predicted molar refractivity (Wildman–Crippen MR) is 363 cm³/mol. The topological polar surface area (TPSA) is 237 Å². The van der Waals surface area contributed by atoms with Crippen molar-refractivity contribution in [1.29, 1.82) is 0 Å². The number of phosphoric acid groups is 2. The van der Waals surface area contributed by atoms with Gasteiger partial charge in [0.25, 0.3) is 0 Å². The Balaban J connectivity index is 5.25. The Morgan fingerprint density at radius 2 is 0.567 bits per heavy atom. The van der Waals surface area contributed by atoms with Crippen LogP contribution in [0.2, 0.25) is 0 Å². The van der Waals surface area contributed by atoms with Gasteiger partial charge in [0.05, 0.1) is 26.4 Å². The number of aliphatic hydroxyl groups excluding tert-OH is 1. The molecule has 17 nitrogen and oxygen atoms in total. The van der Waals surface area contributed by atoms with Gasteiger partial charge in [-0.15, -0.1) is 0 Å². The van der Waals surface area contributed by atoms with Gasteiger partial charge >= 0.3 is 39.5 Å². The lowest BCUT2D eigenvalue weighted by Crippen LogP contribution is -2.30. The van der Waals surface area contributed by atoms with Crippen molar-refractivity contribution in [2.45, 2.75) is 375 Å². The molecule has 3 N–H and O–H groups in total. The predicted octanol–water partition coefficient (Wildman–Crippen LogP) is 20.2. The summed E-state index contributed by atoms with van der Waals surface area (Å²) in [6.07, 6.45) is 45.8. The number of aliphatic hydroxyl groups is 1. The molecule has 0 saturated carbocycles. The minimum absolute atomic E-state index is 0.104. The highest BCUT2D eigenvalue weighted by atomic mass is 31.2. The Bertz CT molecular complexity index is 1770. The fraction of sp³-hybridized carbons (Fsp3) is 0.944. The number of carbonyl (C=O) groups excluding carboxylic acids is 4. The van der Waals surface area contributed by atoms with Gasteiger partial charge in [0.15, 0.2) is 12.2 Å². The van der Waals surface area contributed by atoms with Crippen molar-refractivity contribution in [1.82, 2.24) is 0 Å². The molecule has 90 heavy (non-hydrogen) atoms. The zero-order valence-electron chi connectivity index (χ0n) is 58.6. The summed E-state index contributed by atoms with van der Waals surface area (Å²) in [6, 6.07) is 0. The van der Waals surface area contributed by atoms with Gasteiger partial charge in [0, 0.05) is 25.7 Å². The maximum Gasteiger partial charge on any atom is 0.472 e. The van der Waals surface area contributed by atoms with Crippen molar-refractivity contribution in [2.75, 3.05) is 39.6 Å². The van der Waals surface area contributed by atoms with Gasteiger partial charge in [-0.25, -0.2) is 9.13 Å². The molecule has 0 amide bonds. The van der Waals surface area contributed by atoms with E-state index in [9.17, 15) is 43.2 Å². The minimum Gasteiger partial charge on any atom is -0.462 e. The maximum atomic E-state index is 13.0. The smallest absolute Gasteiger partial charge is 0.462 e. The van der Waals surface area contributed by atoms with Crippen LogP contribution in [0.3, 0.4) is 0 Å². The van der Waals surface area contributed by atoms with Crippen molar-refractivity contribution in [2.24, 2.45) is 17.8 Å². The first-order chi connectivity index (χ1) is 43.3. The second kappa shape index (κ2) is 61.9. The minimum atomic E-state index is -4.95. The summed E-state index contributed by atoms with van der Waals surface area (Å²) in [6.45, 7) is 11.8. The molecule has 0 radical (unpaired) electrons. The monoisotopic (exact) mass is 1320 g/mol. The molecule has 0 rings (SSSR count). The van der Waals surface area contributed by atoms with Crippen LogP contribution in [0.1, 0.15) is 357 Å². The Morgan fingerprint density at radius 3 is 0.844 bits per heavy atom. The Hall–Kier alpha value is -1.94. The summed E-state index contributed by atoms with van der Waals surface area (Å²) in [4.78, 5) is 72.6. The number of esters is 4. The van der Waals surface area contributed by atoms with Crippen LogP contribution in [0.5, 0.6) is 0 Å². The molecular formula is C71H138O17P2. The van der Waals surface area contributed by atoms with E-state index in [1.165, 1.54) is 161 Å². The zero-order valence-corrected chi connectivity index (χ0v) is 60.4. The van der Waals surface area contributed by atoms with Crippen LogP contribution in [-0.2, 0) is 65.4 Å². The molecule has 0 bridgehead atoms. The lowest BCUT2D eigenvalue weighted by atomic mass is 9.99. The highest BCUT2D eigenvalue weighted by molar-refractivity contribution is 7.47. The Labute approximate surface area is 549 Å². The largest absolute Gasteiger partial charge is 0.472 e. The van der Waals surface area contributed by atoms with E-state index in [4.69, 9.17) is 37.0 Å². The van der Waals surface area contributed by atoms with Crippen LogP contribution in [0, 0.1) is 17.8 Å². The van der Waals surface area contributed by atoms with Crippen molar-refractivity contribution in [3.63, 3.8) is 0 Å². The zero-order chi connectivity index (χ0) is 66.6. The lowest BCUT2D eigenvalue weighted by molar-refractivity contribution is -0.161. The second-order valence-corrected chi connectivity index (χ2v) is 29.7. The number of hydrogen-bond acceptors (Lipinski definition) is 15. The molecule has 0 aromatic carbocycles. The van der Waals surface area contributed by atoms with Crippen molar-refractivity contribution in [3.8, 4) is 0 Å².